The zero-order valence-electron chi connectivity index (χ0n) is 11.1. The average molecular weight is 266 g/mol. The Morgan fingerprint density at radius 2 is 2.00 bits per heavy atom. The van der Waals surface area contributed by atoms with Gasteiger partial charge in [0.2, 0.25) is 0 Å². The summed E-state index contributed by atoms with van der Waals surface area (Å²) in [4.78, 5) is 16.1. The van der Waals surface area contributed by atoms with Gasteiger partial charge >= 0.3 is 0 Å². The zero-order chi connectivity index (χ0) is 13.9. The molecule has 100 valence electrons. The molecule has 0 radical (unpaired) electrons. The van der Waals surface area contributed by atoms with Crippen LogP contribution in [-0.4, -0.2) is 10.9 Å². The van der Waals surface area contributed by atoms with Gasteiger partial charge in [-0.2, -0.15) is 0 Å². The van der Waals surface area contributed by atoms with Crippen LogP contribution < -0.4 is 5.32 Å². The molecule has 0 unspecified atom stereocenters. The van der Waals surface area contributed by atoms with Crippen molar-refractivity contribution in [1.29, 1.82) is 0 Å². The fourth-order valence-corrected chi connectivity index (χ4v) is 2.00. The monoisotopic (exact) mass is 266 g/mol. The smallest absolute Gasteiger partial charge is 0.251 e. The molecule has 0 spiro atoms. The summed E-state index contributed by atoms with van der Waals surface area (Å²) in [6.45, 7) is 2.46. The van der Waals surface area contributed by atoms with Crippen molar-refractivity contribution in [2.75, 3.05) is 0 Å². The molecule has 0 aliphatic rings. The van der Waals surface area contributed by atoms with Crippen LogP contribution in [0, 0.1) is 6.92 Å². The molecule has 0 aliphatic heterocycles. The van der Waals surface area contributed by atoms with Crippen LogP contribution in [0.1, 0.15) is 21.5 Å². The molecule has 0 atom stereocenters. The van der Waals surface area contributed by atoms with Gasteiger partial charge in [-0.15, -0.1) is 0 Å². The van der Waals surface area contributed by atoms with E-state index in [4.69, 9.17) is 4.42 Å². The number of amides is 1. The van der Waals surface area contributed by atoms with Crippen molar-refractivity contribution in [3.63, 3.8) is 0 Å². The van der Waals surface area contributed by atoms with Crippen molar-refractivity contribution >= 4 is 17.0 Å². The SMILES string of the molecule is Cc1ccc(C(=O)NCc2ccc3ncoc3c2)cc1. The Morgan fingerprint density at radius 1 is 1.20 bits per heavy atom. The molecule has 20 heavy (non-hydrogen) atoms. The maximum atomic E-state index is 12.0. The number of hydrogen-bond acceptors (Lipinski definition) is 3. The van der Waals surface area contributed by atoms with Crippen molar-refractivity contribution in [3.8, 4) is 0 Å². The largest absolute Gasteiger partial charge is 0.443 e. The molecule has 1 heterocycles. The van der Waals surface area contributed by atoms with Crippen molar-refractivity contribution in [2.24, 2.45) is 0 Å². The Hall–Kier alpha value is -2.62. The van der Waals surface area contributed by atoms with Gasteiger partial charge in [0.25, 0.3) is 5.91 Å². The predicted octanol–water partition coefficient (Wildman–Crippen LogP) is 3.07. The first-order valence-electron chi connectivity index (χ1n) is 6.39. The van der Waals surface area contributed by atoms with Gasteiger partial charge < -0.3 is 9.73 Å². The standard InChI is InChI=1S/C16H14N2O2/c1-11-2-5-13(6-3-11)16(19)17-9-12-4-7-14-15(8-12)20-10-18-14/h2-8,10H,9H2,1H3,(H,17,19). The number of hydrogen-bond donors (Lipinski definition) is 1. The second kappa shape index (κ2) is 5.17. The lowest BCUT2D eigenvalue weighted by Gasteiger charge is -2.05. The maximum Gasteiger partial charge on any atom is 0.251 e. The molecule has 1 aromatic heterocycles. The molecule has 4 nitrogen and oxygen atoms in total. The Kier molecular flexibility index (Phi) is 3.21. The average Bonchev–Trinajstić information content (AvgIpc) is 2.93. The van der Waals surface area contributed by atoms with Crippen LogP contribution in [0.3, 0.4) is 0 Å². The minimum absolute atomic E-state index is 0.0809. The van der Waals surface area contributed by atoms with E-state index in [1.165, 1.54) is 6.39 Å². The van der Waals surface area contributed by atoms with Crippen LogP contribution >= 0.6 is 0 Å². The van der Waals surface area contributed by atoms with Crippen LogP contribution in [-0.2, 0) is 6.54 Å². The van der Waals surface area contributed by atoms with Gasteiger partial charge in [0.1, 0.15) is 5.52 Å². The van der Waals surface area contributed by atoms with Gasteiger partial charge in [-0.1, -0.05) is 23.8 Å². The summed E-state index contributed by atoms with van der Waals surface area (Å²) in [6.07, 6.45) is 1.42. The highest BCUT2D eigenvalue weighted by Crippen LogP contribution is 2.14. The number of nitrogens with zero attached hydrogens (tertiary/aromatic N) is 1. The summed E-state index contributed by atoms with van der Waals surface area (Å²) in [5.41, 5.74) is 4.33. The second-order valence-electron chi connectivity index (χ2n) is 4.70. The highest BCUT2D eigenvalue weighted by Gasteiger charge is 2.05. The predicted molar refractivity (Wildman–Crippen MR) is 76.4 cm³/mol. The molecule has 0 saturated heterocycles. The number of nitrogens with one attached hydrogen (secondary N) is 1. The molecule has 4 heteroatoms. The number of aryl methyl sites for hydroxylation is 1. The Bertz CT molecular complexity index is 745. The van der Waals surface area contributed by atoms with E-state index in [0.717, 1.165) is 22.2 Å². The molecular weight excluding hydrogens is 252 g/mol. The van der Waals surface area contributed by atoms with Crippen molar-refractivity contribution in [3.05, 3.63) is 65.5 Å². The summed E-state index contributed by atoms with van der Waals surface area (Å²) < 4.78 is 5.24. The number of carbonyl (C=O) groups is 1. The van der Waals surface area contributed by atoms with Gasteiger partial charge in [0.15, 0.2) is 12.0 Å². The molecule has 3 aromatic rings. The summed E-state index contributed by atoms with van der Waals surface area (Å²) in [6, 6.07) is 13.2. The molecule has 0 fully saturated rings. The lowest BCUT2D eigenvalue weighted by Crippen LogP contribution is -2.22. The Labute approximate surface area is 116 Å². The van der Waals surface area contributed by atoms with E-state index in [2.05, 4.69) is 10.3 Å². The number of benzene rings is 2. The molecular formula is C16H14N2O2. The molecule has 3 rings (SSSR count). The van der Waals surface area contributed by atoms with Gasteiger partial charge in [0.05, 0.1) is 0 Å². The van der Waals surface area contributed by atoms with E-state index < -0.39 is 0 Å². The second-order valence-corrected chi connectivity index (χ2v) is 4.70. The summed E-state index contributed by atoms with van der Waals surface area (Å²) in [7, 11) is 0. The van der Waals surface area contributed by atoms with Crippen LogP contribution in [0.15, 0.2) is 53.3 Å². The van der Waals surface area contributed by atoms with E-state index in [9.17, 15) is 4.79 Å². The zero-order valence-corrected chi connectivity index (χ0v) is 11.1. The Balaban J connectivity index is 1.69. The first-order chi connectivity index (χ1) is 9.72. The fourth-order valence-electron chi connectivity index (χ4n) is 2.00. The fraction of sp³-hybridized carbons (Fsp3) is 0.125. The molecule has 1 N–H and O–H groups in total. The quantitative estimate of drug-likeness (QED) is 0.792. The van der Waals surface area contributed by atoms with Crippen LogP contribution in [0.2, 0.25) is 0 Å². The molecule has 1 amide bonds. The first kappa shape index (κ1) is 12.4. The third-order valence-electron chi connectivity index (χ3n) is 3.16. The first-order valence-corrected chi connectivity index (χ1v) is 6.39. The van der Waals surface area contributed by atoms with E-state index in [-0.39, 0.29) is 5.91 Å². The highest BCUT2D eigenvalue weighted by atomic mass is 16.3. The lowest BCUT2D eigenvalue weighted by molar-refractivity contribution is 0.0951. The summed E-state index contributed by atoms with van der Waals surface area (Å²) in [5.74, 6) is -0.0809. The van der Waals surface area contributed by atoms with E-state index in [1.807, 2.05) is 49.4 Å². The van der Waals surface area contributed by atoms with E-state index >= 15 is 0 Å². The normalized spacial score (nSPS) is 10.7. The van der Waals surface area contributed by atoms with Crippen molar-refractivity contribution < 1.29 is 9.21 Å². The number of carbonyl (C=O) groups excluding carboxylic acids is 1. The number of fused-ring (bicyclic) bond motifs is 1. The Morgan fingerprint density at radius 3 is 2.80 bits per heavy atom. The maximum absolute atomic E-state index is 12.0. The van der Waals surface area contributed by atoms with Crippen molar-refractivity contribution in [2.45, 2.75) is 13.5 Å². The molecule has 0 saturated carbocycles. The molecule has 0 bridgehead atoms. The lowest BCUT2D eigenvalue weighted by atomic mass is 10.1. The van der Waals surface area contributed by atoms with Gasteiger partial charge in [-0.3, -0.25) is 4.79 Å². The third kappa shape index (κ3) is 2.54. The summed E-state index contributed by atoms with van der Waals surface area (Å²) >= 11 is 0. The topological polar surface area (TPSA) is 55.1 Å². The van der Waals surface area contributed by atoms with Crippen molar-refractivity contribution in [1.82, 2.24) is 10.3 Å². The van der Waals surface area contributed by atoms with Gasteiger partial charge in [-0.05, 0) is 36.8 Å². The third-order valence-corrected chi connectivity index (χ3v) is 3.16. The molecule has 2 aromatic carbocycles. The van der Waals surface area contributed by atoms with Gasteiger partial charge in [0, 0.05) is 12.1 Å². The summed E-state index contributed by atoms with van der Waals surface area (Å²) in [5, 5.41) is 2.89. The minimum atomic E-state index is -0.0809. The van der Waals surface area contributed by atoms with Gasteiger partial charge in [-0.25, -0.2) is 4.98 Å². The number of oxazole rings is 1. The number of aromatic nitrogens is 1. The molecule has 0 aliphatic carbocycles. The highest BCUT2D eigenvalue weighted by molar-refractivity contribution is 5.94. The number of rotatable bonds is 3. The van der Waals surface area contributed by atoms with E-state index in [0.29, 0.717) is 12.1 Å². The minimum Gasteiger partial charge on any atom is -0.443 e. The van der Waals surface area contributed by atoms with Crippen LogP contribution in [0.4, 0.5) is 0 Å². The van der Waals surface area contributed by atoms with E-state index in [1.54, 1.807) is 0 Å². The van der Waals surface area contributed by atoms with Crippen LogP contribution in [0.5, 0.6) is 0 Å². The van der Waals surface area contributed by atoms with Crippen LogP contribution in [0.25, 0.3) is 11.1 Å².